The zero-order valence-electron chi connectivity index (χ0n) is 12.1. The van der Waals surface area contributed by atoms with Crippen LogP contribution in [-0.2, 0) is 0 Å². The van der Waals surface area contributed by atoms with Gasteiger partial charge in [-0.15, -0.1) is 0 Å². The summed E-state index contributed by atoms with van der Waals surface area (Å²) >= 11 is 3.35. The molecule has 2 aromatic heterocycles. The molecular weight excluding hydrogens is 344 g/mol. The lowest BCUT2D eigenvalue weighted by Crippen LogP contribution is -2.27. The minimum atomic E-state index is 0.284. The number of nitrogens with one attached hydrogen (secondary N) is 1. The first-order chi connectivity index (χ1) is 10.7. The fourth-order valence-electron chi connectivity index (χ4n) is 2.58. The van der Waals surface area contributed by atoms with Crippen LogP contribution in [0.5, 0.6) is 0 Å². The summed E-state index contributed by atoms with van der Waals surface area (Å²) in [6.07, 6.45) is 4.27. The van der Waals surface area contributed by atoms with Gasteiger partial charge in [0.05, 0.1) is 5.56 Å². The van der Waals surface area contributed by atoms with Gasteiger partial charge in [0.1, 0.15) is 24.0 Å². The zero-order valence-corrected chi connectivity index (χ0v) is 13.7. The van der Waals surface area contributed by atoms with Crippen LogP contribution in [-0.4, -0.2) is 34.1 Å². The van der Waals surface area contributed by atoms with E-state index in [1.165, 1.54) is 0 Å². The largest absolute Gasteiger partial charge is 0.365 e. The van der Waals surface area contributed by atoms with Gasteiger partial charge in [-0.05, 0) is 35.3 Å². The van der Waals surface area contributed by atoms with Crippen molar-refractivity contribution in [2.24, 2.45) is 0 Å². The van der Waals surface area contributed by atoms with Crippen molar-refractivity contribution in [2.45, 2.75) is 19.4 Å². The third-order valence-electron chi connectivity index (χ3n) is 3.60. The number of anilines is 2. The second-order valence-corrected chi connectivity index (χ2v) is 6.17. The van der Waals surface area contributed by atoms with Crippen molar-refractivity contribution in [2.75, 3.05) is 23.3 Å². The summed E-state index contributed by atoms with van der Waals surface area (Å²) in [6, 6.07) is 6.23. The average Bonchev–Trinajstić information content (AvgIpc) is 2.95. The Kier molecular flexibility index (Phi) is 4.20. The molecule has 1 N–H and O–H groups in total. The highest BCUT2D eigenvalue weighted by atomic mass is 79.9. The minimum Gasteiger partial charge on any atom is -0.365 e. The number of hydrogen-bond acceptors (Lipinski definition) is 6. The van der Waals surface area contributed by atoms with E-state index in [2.05, 4.69) is 47.2 Å². The monoisotopic (exact) mass is 358 g/mol. The first-order valence-corrected chi connectivity index (χ1v) is 7.81. The van der Waals surface area contributed by atoms with Gasteiger partial charge in [0.2, 0.25) is 0 Å². The van der Waals surface area contributed by atoms with E-state index in [1.54, 1.807) is 18.6 Å². The van der Waals surface area contributed by atoms with Crippen LogP contribution in [0.4, 0.5) is 11.6 Å². The number of hydrogen-bond donors (Lipinski definition) is 1. The summed E-state index contributed by atoms with van der Waals surface area (Å²) in [6.45, 7) is 3.61. The van der Waals surface area contributed by atoms with E-state index in [0.29, 0.717) is 5.56 Å². The SMILES string of the molecule is Cc1cc(NC2CCN(c3ncc(Br)cc3C#N)C2)ncn1. The number of nitrogens with zero attached hydrogens (tertiary/aromatic N) is 5. The Bertz CT molecular complexity index is 726. The topological polar surface area (TPSA) is 77.7 Å². The number of aryl methyl sites for hydroxylation is 1. The maximum atomic E-state index is 9.26. The lowest BCUT2D eigenvalue weighted by atomic mass is 10.2. The zero-order chi connectivity index (χ0) is 15.5. The van der Waals surface area contributed by atoms with E-state index >= 15 is 0 Å². The highest BCUT2D eigenvalue weighted by Gasteiger charge is 2.25. The summed E-state index contributed by atoms with van der Waals surface area (Å²) in [5, 5.41) is 12.7. The summed E-state index contributed by atoms with van der Waals surface area (Å²) in [5.74, 6) is 1.58. The number of aromatic nitrogens is 3. The molecule has 3 heterocycles. The Labute approximate surface area is 137 Å². The van der Waals surface area contributed by atoms with Crippen LogP contribution >= 0.6 is 15.9 Å². The molecule has 0 amide bonds. The highest BCUT2D eigenvalue weighted by Crippen LogP contribution is 2.25. The molecule has 0 radical (unpaired) electrons. The average molecular weight is 359 g/mol. The molecule has 1 unspecified atom stereocenters. The molecule has 1 aliphatic rings. The van der Waals surface area contributed by atoms with Crippen molar-refractivity contribution >= 4 is 27.6 Å². The lowest BCUT2D eigenvalue weighted by molar-refractivity contribution is 0.797. The second kappa shape index (κ2) is 6.28. The molecule has 22 heavy (non-hydrogen) atoms. The maximum Gasteiger partial charge on any atom is 0.146 e. The Morgan fingerprint density at radius 2 is 2.23 bits per heavy atom. The third kappa shape index (κ3) is 3.17. The predicted octanol–water partition coefficient (Wildman–Crippen LogP) is 2.51. The Hall–Kier alpha value is -2.20. The van der Waals surface area contributed by atoms with Gasteiger partial charge in [-0.25, -0.2) is 15.0 Å². The number of rotatable bonds is 3. The van der Waals surface area contributed by atoms with Gasteiger partial charge in [-0.1, -0.05) is 0 Å². The molecule has 0 saturated carbocycles. The van der Waals surface area contributed by atoms with Crippen LogP contribution in [0, 0.1) is 18.3 Å². The van der Waals surface area contributed by atoms with Gasteiger partial charge in [0.15, 0.2) is 0 Å². The molecule has 6 nitrogen and oxygen atoms in total. The van der Waals surface area contributed by atoms with Gasteiger partial charge in [0.25, 0.3) is 0 Å². The molecule has 0 bridgehead atoms. The number of pyridine rings is 1. The molecule has 1 saturated heterocycles. The molecule has 112 valence electrons. The van der Waals surface area contributed by atoms with Gasteiger partial charge < -0.3 is 10.2 Å². The van der Waals surface area contributed by atoms with Crippen LogP contribution in [0.1, 0.15) is 17.7 Å². The first kappa shape index (κ1) is 14.7. The molecule has 7 heteroatoms. The smallest absolute Gasteiger partial charge is 0.146 e. The van der Waals surface area contributed by atoms with Crippen molar-refractivity contribution in [3.63, 3.8) is 0 Å². The van der Waals surface area contributed by atoms with Crippen molar-refractivity contribution in [1.29, 1.82) is 5.26 Å². The Morgan fingerprint density at radius 3 is 3.00 bits per heavy atom. The lowest BCUT2D eigenvalue weighted by Gasteiger charge is -2.19. The summed E-state index contributed by atoms with van der Waals surface area (Å²) in [5.41, 5.74) is 1.53. The summed E-state index contributed by atoms with van der Waals surface area (Å²) < 4.78 is 0.818. The van der Waals surface area contributed by atoms with Crippen molar-refractivity contribution in [3.8, 4) is 6.07 Å². The van der Waals surface area contributed by atoms with Crippen LogP contribution in [0.3, 0.4) is 0 Å². The van der Waals surface area contributed by atoms with Crippen LogP contribution in [0.15, 0.2) is 29.1 Å². The molecular formula is C15H15BrN6. The maximum absolute atomic E-state index is 9.26. The van der Waals surface area contributed by atoms with Crippen LogP contribution < -0.4 is 10.2 Å². The van der Waals surface area contributed by atoms with Crippen molar-refractivity contribution in [3.05, 3.63) is 40.4 Å². The molecule has 1 aliphatic heterocycles. The highest BCUT2D eigenvalue weighted by molar-refractivity contribution is 9.10. The van der Waals surface area contributed by atoms with Crippen molar-refractivity contribution < 1.29 is 0 Å². The summed E-state index contributed by atoms with van der Waals surface area (Å²) in [7, 11) is 0. The first-order valence-electron chi connectivity index (χ1n) is 7.01. The van der Waals surface area contributed by atoms with Gasteiger partial charge in [-0.2, -0.15) is 5.26 Å². The van der Waals surface area contributed by atoms with E-state index in [-0.39, 0.29) is 6.04 Å². The van der Waals surface area contributed by atoms with E-state index in [9.17, 15) is 5.26 Å². The van der Waals surface area contributed by atoms with Gasteiger partial charge in [-0.3, -0.25) is 0 Å². The van der Waals surface area contributed by atoms with E-state index in [4.69, 9.17) is 0 Å². The molecule has 1 fully saturated rings. The minimum absolute atomic E-state index is 0.284. The fourth-order valence-corrected chi connectivity index (χ4v) is 2.91. The van der Waals surface area contributed by atoms with E-state index in [0.717, 1.165) is 41.3 Å². The summed E-state index contributed by atoms with van der Waals surface area (Å²) in [4.78, 5) is 14.9. The standard InChI is InChI=1S/C15H15BrN6/c1-10-4-14(20-9-19-10)21-13-2-3-22(8-13)15-11(6-17)5-12(16)7-18-15/h4-5,7,9,13H,2-3,8H2,1H3,(H,19,20,21). The Balaban J connectivity index is 1.71. The van der Waals surface area contributed by atoms with Crippen LogP contribution in [0.25, 0.3) is 0 Å². The third-order valence-corrected chi connectivity index (χ3v) is 4.03. The quantitative estimate of drug-likeness (QED) is 0.907. The number of halogens is 1. The second-order valence-electron chi connectivity index (χ2n) is 5.26. The van der Waals surface area contributed by atoms with Gasteiger partial charge >= 0.3 is 0 Å². The predicted molar refractivity (Wildman–Crippen MR) is 87.7 cm³/mol. The molecule has 3 rings (SSSR count). The molecule has 2 aromatic rings. The van der Waals surface area contributed by atoms with E-state index < -0.39 is 0 Å². The molecule has 1 atom stereocenters. The molecule has 0 aliphatic carbocycles. The van der Waals surface area contributed by atoms with Crippen LogP contribution in [0.2, 0.25) is 0 Å². The number of nitriles is 1. The van der Waals surface area contributed by atoms with Gasteiger partial charge in [0, 0.05) is 41.6 Å². The molecule has 0 aromatic carbocycles. The normalized spacial score (nSPS) is 17.3. The molecule has 0 spiro atoms. The Morgan fingerprint density at radius 1 is 1.36 bits per heavy atom. The fraction of sp³-hybridized carbons (Fsp3) is 0.333. The van der Waals surface area contributed by atoms with E-state index in [1.807, 2.05) is 13.0 Å². The van der Waals surface area contributed by atoms with Crippen molar-refractivity contribution in [1.82, 2.24) is 15.0 Å².